The molecule has 2 N–H and O–H groups in total. The molecule has 0 radical (unpaired) electrons. The van der Waals surface area contributed by atoms with E-state index < -0.39 is 0 Å². The number of rotatable bonds is 7. The van der Waals surface area contributed by atoms with Crippen molar-refractivity contribution >= 4 is 16.8 Å². The molecular formula is C25H29N3O4. The molecule has 1 aromatic heterocycles. The number of nitrogens with zero attached hydrogens (tertiary/aromatic N) is 1. The molecule has 1 fully saturated rings. The standard InChI is InChI=1S/C25H29N3O4/c1-15-8-11-19-21(22(15)32-13-16-9-10-16)24(30)27-23(26-19)17-6-5-7-18(12-17)31-14-20(29)28-25(2,3)4/h5-8,11-12,16H,9-10,13-14H2,1-4H3,(H,28,29)(H,26,27,30). The quantitative estimate of drug-likeness (QED) is 0.586. The molecule has 7 heteroatoms. The zero-order valence-electron chi connectivity index (χ0n) is 19.0. The van der Waals surface area contributed by atoms with Crippen LogP contribution >= 0.6 is 0 Å². The number of nitrogens with one attached hydrogen (secondary N) is 2. The maximum absolute atomic E-state index is 13.0. The smallest absolute Gasteiger partial charge is 0.262 e. The van der Waals surface area contributed by atoms with E-state index in [-0.39, 0.29) is 23.6 Å². The average Bonchev–Trinajstić information content (AvgIpc) is 3.55. The van der Waals surface area contributed by atoms with Crippen molar-refractivity contribution in [2.75, 3.05) is 13.2 Å². The Hall–Kier alpha value is -3.35. The number of hydrogen-bond donors (Lipinski definition) is 2. The molecule has 7 nitrogen and oxygen atoms in total. The molecule has 0 bridgehead atoms. The minimum absolute atomic E-state index is 0.0939. The minimum atomic E-state index is -0.323. The fourth-order valence-electron chi connectivity index (χ4n) is 3.45. The van der Waals surface area contributed by atoms with E-state index in [4.69, 9.17) is 9.47 Å². The summed E-state index contributed by atoms with van der Waals surface area (Å²) in [4.78, 5) is 32.6. The van der Waals surface area contributed by atoms with Gasteiger partial charge in [0.1, 0.15) is 22.7 Å². The number of aromatic nitrogens is 2. The van der Waals surface area contributed by atoms with Gasteiger partial charge in [-0.25, -0.2) is 4.98 Å². The number of carbonyl (C=O) groups is 1. The molecule has 168 valence electrons. The highest BCUT2D eigenvalue weighted by molar-refractivity contribution is 5.87. The Morgan fingerprint density at radius 2 is 1.97 bits per heavy atom. The van der Waals surface area contributed by atoms with E-state index in [0.29, 0.717) is 46.3 Å². The Balaban J connectivity index is 1.58. The Bertz CT molecular complexity index is 1210. The van der Waals surface area contributed by atoms with Crippen LogP contribution in [-0.4, -0.2) is 34.6 Å². The van der Waals surface area contributed by atoms with Crippen LogP contribution < -0.4 is 20.3 Å². The second-order valence-electron chi connectivity index (χ2n) is 9.39. The van der Waals surface area contributed by atoms with Crippen molar-refractivity contribution in [2.45, 2.75) is 46.1 Å². The van der Waals surface area contributed by atoms with Crippen molar-refractivity contribution in [3.63, 3.8) is 0 Å². The van der Waals surface area contributed by atoms with E-state index in [0.717, 1.165) is 5.56 Å². The first-order valence-corrected chi connectivity index (χ1v) is 10.9. The number of carbonyl (C=O) groups excluding carboxylic acids is 1. The first-order chi connectivity index (χ1) is 15.2. The van der Waals surface area contributed by atoms with Crippen molar-refractivity contribution in [2.24, 2.45) is 5.92 Å². The van der Waals surface area contributed by atoms with Gasteiger partial charge >= 0.3 is 0 Å². The zero-order chi connectivity index (χ0) is 22.9. The van der Waals surface area contributed by atoms with Crippen LogP contribution in [0.3, 0.4) is 0 Å². The summed E-state index contributed by atoms with van der Waals surface area (Å²) in [5.41, 5.74) is 1.63. The van der Waals surface area contributed by atoms with E-state index in [9.17, 15) is 9.59 Å². The summed E-state index contributed by atoms with van der Waals surface area (Å²) in [6.45, 7) is 8.21. The maximum atomic E-state index is 13.0. The van der Waals surface area contributed by atoms with Gasteiger partial charge in [-0.3, -0.25) is 9.59 Å². The third-order valence-corrected chi connectivity index (χ3v) is 5.18. The number of hydrogen-bond acceptors (Lipinski definition) is 5. The predicted molar refractivity (Wildman–Crippen MR) is 124 cm³/mol. The Morgan fingerprint density at radius 3 is 2.69 bits per heavy atom. The van der Waals surface area contributed by atoms with Crippen molar-refractivity contribution < 1.29 is 14.3 Å². The molecular weight excluding hydrogens is 406 g/mol. The summed E-state index contributed by atoms with van der Waals surface area (Å²) in [5, 5.41) is 3.33. The van der Waals surface area contributed by atoms with Crippen LogP contribution in [0.1, 0.15) is 39.2 Å². The molecule has 1 saturated carbocycles. The summed E-state index contributed by atoms with van der Waals surface area (Å²) in [6, 6.07) is 10.9. The van der Waals surface area contributed by atoms with E-state index in [1.54, 1.807) is 18.2 Å². The average molecular weight is 436 g/mol. The van der Waals surface area contributed by atoms with E-state index >= 15 is 0 Å². The van der Waals surface area contributed by atoms with E-state index in [1.807, 2.05) is 45.9 Å². The summed E-state index contributed by atoms with van der Waals surface area (Å²) < 4.78 is 11.6. The van der Waals surface area contributed by atoms with Gasteiger partial charge in [0.05, 0.1) is 12.1 Å². The third-order valence-electron chi connectivity index (χ3n) is 5.18. The molecule has 1 amide bonds. The van der Waals surface area contributed by atoms with Crippen molar-refractivity contribution in [3.8, 4) is 22.9 Å². The Labute approximate surface area is 187 Å². The van der Waals surface area contributed by atoms with E-state index in [2.05, 4.69) is 15.3 Å². The second kappa shape index (κ2) is 8.65. The number of benzene rings is 2. The van der Waals surface area contributed by atoms with Crippen LogP contribution in [0.2, 0.25) is 0 Å². The van der Waals surface area contributed by atoms with Gasteiger partial charge in [0, 0.05) is 11.1 Å². The van der Waals surface area contributed by atoms with Crippen LogP contribution in [0.15, 0.2) is 41.2 Å². The topological polar surface area (TPSA) is 93.3 Å². The first kappa shape index (κ1) is 21.9. The first-order valence-electron chi connectivity index (χ1n) is 10.9. The highest BCUT2D eigenvalue weighted by atomic mass is 16.5. The van der Waals surface area contributed by atoms with Crippen LogP contribution in [0.25, 0.3) is 22.3 Å². The second-order valence-corrected chi connectivity index (χ2v) is 9.39. The van der Waals surface area contributed by atoms with Gasteiger partial charge in [-0.15, -0.1) is 0 Å². The monoisotopic (exact) mass is 435 g/mol. The van der Waals surface area contributed by atoms with Gasteiger partial charge in [0.15, 0.2) is 6.61 Å². The third kappa shape index (κ3) is 5.28. The van der Waals surface area contributed by atoms with Crippen LogP contribution in [0.4, 0.5) is 0 Å². The number of amides is 1. The lowest BCUT2D eigenvalue weighted by atomic mass is 10.1. The number of aryl methyl sites for hydroxylation is 1. The Kier molecular flexibility index (Phi) is 5.91. The van der Waals surface area contributed by atoms with Gasteiger partial charge in [-0.1, -0.05) is 18.2 Å². The van der Waals surface area contributed by atoms with Gasteiger partial charge in [0.2, 0.25) is 0 Å². The van der Waals surface area contributed by atoms with Crippen molar-refractivity contribution in [1.82, 2.24) is 15.3 Å². The largest absolute Gasteiger partial charge is 0.492 e. The zero-order valence-corrected chi connectivity index (χ0v) is 19.0. The molecule has 0 atom stereocenters. The molecule has 1 aliphatic carbocycles. The number of H-pyrrole nitrogens is 1. The van der Waals surface area contributed by atoms with Gasteiger partial charge in [-0.2, -0.15) is 0 Å². The maximum Gasteiger partial charge on any atom is 0.262 e. The fourth-order valence-corrected chi connectivity index (χ4v) is 3.45. The lowest BCUT2D eigenvalue weighted by molar-refractivity contribution is -0.124. The molecule has 2 aromatic carbocycles. The van der Waals surface area contributed by atoms with Crippen LogP contribution in [0, 0.1) is 12.8 Å². The van der Waals surface area contributed by atoms with Gasteiger partial charge in [0.25, 0.3) is 11.5 Å². The van der Waals surface area contributed by atoms with Crippen molar-refractivity contribution in [1.29, 1.82) is 0 Å². The SMILES string of the molecule is Cc1ccc2nc(-c3cccc(OCC(=O)NC(C)(C)C)c3)[nH]c(=O)c2c1OCC1CC1. The van der Waals surface area contributed by atoms with Gasteiger partial charge in [-0.05, 0) is 70.2 Å². The molecule has 32 heavy (non-hydrogen) atoms. The molecule has 0 aliphatic heterocycles. The molecule has 0 spiro atoms. The van der Waals surface area contributed by atoms with Crippen LogP contribution in [-0.2, 0) is 4.79 Å². The van der Waals surface area contributed by atoms with Crippen molar-refractivity contribution in [3.05, 3.63) is 52.3 Å². The minimum Gasteiger partial charge on any atom is -0.492 e. The summed E-state index contributed by atoms with van der Waals surface area (Å²) in [6.07, 6.45) is 2.36. The van der Waals surface area contributed by atoms with E-state index in [1.165, 1.54) is 12.8 Å². The summed E-state index contributed by atoms with van der Waals surface area (Å²) in [5.74, 6) is 1.95. The number of aromatic amines is 1. The molecule has 0 saturated heterocycles. The fraction of sp³-hybridized carbons (Fsp3) is 0.400. The predicted octanol–water partition coefficient (Wildman–Crippen LogP) is 3.98. The lowest BCUT2D eigenvalue weighted by Crippen LogP contribution is -2.43. The highest BCUT2D eigenvalue weighted by Gasteiger charge is 2.23. The lowest BCUT2D eigenvalue weighted by Gasteiger charge is -2.20. The Morgan fingerprint density at radius 1 is 1.19 bits per heavy atom. The van der Waals surface area contributed by atoms with Crippen LogP contribution in [0.5, 0.6) is 11.5 Å². The number of ether oxygens (including phenoxy) is 2. The molecule has 0 unspecified atom stereocenters. The summed E-state index contributed by atoms with van der Waals surface area (Å²) in [7, 11) is 0. The van der Waals surface area contributed by atoms with Gasteiger partial charge < -0.3 is 19.8 Å². The number of fused-ring (bicyclic) bond motifs is 1. The highest BCUT2D eigenvalue weighted by Crippen LogP contribution is 2.33. The summed E-state index contributed by atoms with van der Waals surface area (Å²) >= 11 is 0. The normalized spacial score (nSPS) is 13.8. The molecule has 4 rings (SSSR count). The molecule has 3 aromatic rings. The molecule has 1 aliphatic rings. The molecule has 1 heterocycles.